The predicted octanol–water partition coefficient (Wildman–Crippen LogP) is 2.32. The lowest BCUT2D eigenvalue weighted by Crippen LogP contribution is -2.39. The third-order valence-corrected chi connectivity index (χ3v) is 4.33. The lowest BCUT2D eigenvalue weighted by atomic mass is 10.1. The van der Waals surface area contributed by atoms with E-state index in [2.05, 4.69) is 25.5 Å². The molecule has 0 radical (unpaired) electrons. The molecule has 0 spiro atoms. The summed E-state index contributed by atoms with van der Waals surface area (Å²) in [5, 5.41) is 6.54. The topological polar surface area (TPSA) is 62.3 Å². The van der Waals surface area contributed by atoms with Gasteiger partial charge in [-0.05, 0) is 25.0 Å². The summed E-state index contributed by atoms with van der Waals surface area (Å²) in [4.78, 5) is 11.3. The summed E-state index contributed by atoms with van der Waals surface area (Å²) in [6, 6.07) is 8.76. The van der Waals surface area contributed by atoms with Crippen LogP contribution < -0.4 is 10.6 Å². The smallest absolute Gasteiger partial charge is 0.224 e. The molecule has 7 heteroatoms. The normalized spacial score (nSPS) is 15.0. The Morgan fingerprint density at radius 1 is 1.12 bits per heavy atom. The highest BCUT2D eigenvalue weighted by Gasteiger charge is 2.10. The highest BCUT2D eigenvalue weighted by Crippen LogP contribution is 2.11. The molecule has 1 aliphatic rings. The zero-order valence-electron chi connectivity index (χ0n) is 15.2. The van der Waals surface area contributed by atoms with Crippen LogP contribution in [0.2, 0.25) is 0 Å². The number of nitrogens with zero attached hydrogens (tertiary/aromatic N) is 3. The monoisotopic (exact) mass is 359 g/mol. The number of aryl methyl sites for hydroxylation is 1. The van der Waals surface area contributed by atoms with Crippen molar-refractivity contribution in [2.24, 2.45) is 0 Å². The van der Waals surface area contributed by atoms with Gasteiger partial charge in [-0.25, -0.2) is 9.37 Å². The van der Waals surface area contributed by atoms with Gasteiger partial charge in [0.2, 0.25) is 5.95 Å². The molecule has 3 rings (SSSR count). The van der Waals surface area contributed by atoms with E-state index in [1.54, 1.807) is 12.1 Å². The molecule has 1 saturated heterocycles. The first-order chi connectivity index (χ1) is 12.7. The molecule has 1 aromatic heterocycles. The second-order valence-corrected chi connectivity index (χ2v) is 6.37. The minimum Gasteiger partial charge on any atom is -0.379 e. The Morgan fingerprint density at radius 2 is 1.92 bits per heavy atom. The van der Waals surface area contributed by atoms with Crippen LogP contribution in [0.4, 0.5) is 16.2 Å². The zero-order chi connectivity index (χ0) is 18.2. The molecule has 2 N–H and O–H groups in total. The van der Waals surface area contributed by atoms with E-state index in [-0.39, 0.29) is 5.82 Å². The van der Waals surface area contributed by atoms with Gasteiger partial charge < -0.3 is 15.4 Å². The maximum absolute atomic E-state index is 13.7. The van der Waals surface area contributed by atoms with E-state index in [9.17, 15) is 4.39 Å². The van der Waals surface area contributed by atoms with Crippen molar-refractivity contribution in [2.75, 3.05) is 56.6 Å². The molecule has 1 aromatic carbocycles. The predicted molar refractivity (Wildman–Crippen MR) is 101 cm³/mol. The highest BCUT2D eigenvalue weighted by molar-refractivity contribution is 5.42. The average molecular weight is 359 g/mol. The van der Waals surface area contributed by atoms with Crippen LogP contribution in [0.15, 0.2) is 30.3 Å². The fourth-order valence-corrected chi connectivity index (χ4v) is 2.92. The molecule has 2 heterocycles. The maximum atomic E-state index is 13.7. The number of aromatic nitrogens is 2. The van der Waals surface area contributed by atoms with E-state index in [0.29, 0.717) is 24.5 Å². The van der Waals surface area contributed by atoms with Crippen LogP contribution in [0.3, 0.4) is 0 Å². The molecule has 1 fully saturated rings. The summed E-state index contributed by atoms with van der Waals surface area (Å²) in [5.74, 6) is 1.19. The standard InChI is InChI=1S/C19H26FN5O/c1-15-14-18(21-8-9-25-10-12-26-13-11-25)24-19(23-15)22-7-6-16-4-2-3-5-17(16)20/h2-5,14H,6-13H2,1H3,(H2,21,22,23,24). The van der Waals surface area contributed by atoms with E-state index >= 15 is 0 Å². The molecule has 6 nitrogen and oxygen atoms in total. The number of anilines is 2. The molecule has 0 saturated carbocycles. The van der Waals surface area contributed by atoms with Gasteiger partial charge in [-0.3, -0.25) is 4.90 Å². The van der Waals surface area contributed by atoms with Gasteiger partial charge in [0, 0.05) is 44.5 Å². The Kier molecular flexibility index (Phi) is 6.74. The van der Waals surface area contributed by atoms with Crippen LogP contribution in [-0.4, -0.2) is 60.8 Å². The van der Waals surface area contributed by atoms with E-state index in [1.165, 1.54) is 6.07 Å². The van der Waals surface area contributed by atoms with Crippen molar-refractivity contribution in [1.29, 1.82) is 0 Å². The number of rotatable bonds is 8. The highest BCUT2D eigenvalue weighted by atomic mass is 19.1. The van der Waals surface area contributed by atoms with E-state index in [1.807, 2.05) is 19.1 Å². The zero-order valence-corrected chi connectivity index (χ0v) is 15.2. The SMILES string of the molecule is Cc1cc(NCCN2CCOCC2)nc(NCCc2ccccc2F)n1. The van der Waals surface area contributed by atoms with Gasteiger partial charge in [-0.15, -0.1) is 0 Å². The number of nitrogens with one attached hydrogen (secondary N) is 2. The average Bonchev–Trinajstić information content (AvgIpc) is 2.64. The summed E-state index contributed by atoms with van der Waals surface area (Å²) in [5.41, 5.74) is 1.58. The van der Waals surface area contributed by atoms with Gasteiger partial charge >= 0.3 is 0 Å². The third-order valence-electron chi connectivity index (χ3n) is 4.33. The first-order valence-corrected chi connectivity index (χ1v) is 9.07. The summed E-state index contributed by atoms with van der Waals surface area (Å²) in [6.07, 6.45) is 0.587. The van der Waals surface area contributed by atoms with Gasteiger partial charge in [-0.1, -0.05) is 18.2 Å². The lowest BCUT2D eigenvalue weighted by molar-refractivity contribution is 0.0398. The van der Waals surface area contributed by atoms with Gasteiger partial charge in [0.15, 0.2) is 0 Å². The number of ether oxygens (including phenoxy) is 1. The maximum Gasteiger partial charge on any atom is 0.224 e. The van der Waals surface area contributed by atoms with E-state index in [0.717, 1.165) is 50.9 Å². The molecule has 1 aliphatic heterocycles. The number of hydrogen-bond donors (Lipinski definition) is 2. The fourth-order valence-electron chi connectivity index (χ4n) is 2.92. The summed E-state index contributed by atoms with van der Waals surface area (Å²) < 4.78 is 19.0. The van der Waals surface area contributed by atoms with Crippen molar-refractivity contribution in [3.8, 4) is 0 Å². The third kappa shape index (κ3) is 5.64. The molecule has 0 unspecified atom stereocenters. The summed E-state index contributed by atoms with van der Waals surface area (Å²) in [7, 11) is 0. The molecule has 0 amide bonds. The molecule has 0 aliphatic carbocycles. The molecule has 26 heavy (non-hydrogen) atoms. The van der Waals surface area contributed by atoms with Crippen molar-refractivity contribution >= 4 is 11.8 Å². The minimum absolute atomic E-state index is 0.176. The van der Waals surface area contributed by atoms with Crippen LogP contribution in [0.25, 0.3) is 0 Å². The molecule has 0 atom stereocenters. The summed E-state index contributed by atoms with van der Waals surface area (Å²) >= 11 is 0. The molecular weight excluding hydrogens is 333 g/mol. The Hall–Kier alpha value is -2.25. The fraction of sp³-hybridized carbons (Fsp3) is 0.474. The molecular formula is C19H26FN5O. The van der Waals surface area contributed by atoms with Gasteiger partial charge in [0.25, 0.3) is 0 Å². The van der Waals surface area contributed by atoms with Crippen molar-refractivity contribution in [2.45, 2.75) is 13.3 Å². The Morgan fingerprint density at radius 3 is 2.73 bits per heavy atom. The quantitative estimate of drug-likeness (QED) is 0.754. The van der Waals surface area contributed by atoms with E-state index < -0.39 is 0 Å². The van der Waals surface area contributed by atoms with Gasteiger partial charge in [0.05, 0.1) is 13.2 Å². The van der Waals surface area contributed by atoms with E-state index in [4.69, 9.17) is 4.74 Å². The van der Waals surface area contributed by atoms with Crippen LogP contribution in [0.5, 0.6) is 0 Å². The molecule has 0 bridgehead atoms. The van der Waals surface area contributed by atoms with Crippen molar-refractivity contribution < 1.29 is 9.13 Å². The first-order valence-electron chi connectivity index (χ1n) is 9.07. The van der Waals surface area contributed by atoms with Gasteiger partial charge in [-0.2, -0.15) is 4.98 Å². The van der Waals surface area contributed by atoms with Crippen LogP contribution in [0.1, 0.15) is 11.3 Å². The summed E-state index contributed by atoms with van der Waals surface area (Å²) in [6.45, 7) is 7.88. The lowest BCUT2D eigenvalue weighted by Gasteiger charge is -2.26. The Labute approximate surface area is 153 Å². The van der Waals surface area contributed by atoms with Crippen LogP contribution >= 0.6 is 0 Å². The van der Waals surface area contributed by atoms with Crippen molar-refractivity contribution in [3.05, 3.63) is 47.4 Å². The molecule has 2 aromatic rings. The first kappa shape index (κ1) is 18.5. The van der Waals surface area contributed by atoms with Crippen LogP contribution in [0, 0.1) is 12.7 Å². The van der Waals surface area contributed by atoms with Crippen molar-refractivity contribution in [1.82, 2.24) is 14.9 Å². The minimum atomic E-state index is -0.176. The largest absolute Gasteiger partial charge is 0.379 e. The Bertz CT molecular complexity index is 706. The number of halogens is 1. The Balaban J connectivity index is 1.48. The number of benzene rings is 1. The number of hydrogen-bond acceptors (Lipinski definition) is 6. The number of morpholine rings is 1. The van der Waals surface area contributed by atoms with Gasteiger partial charge in [0.1, 0.15) is 11.6 Å². The van der Waals surface area contributed by atoms with Crippen molar-refractivity contribution in [3.63, 3.8) is 0 Å². The molecule has 140 valence electrons. The van der Waals surface area contributed by atoms with Crippen LogP contribution in [-0.2, 0) is 11.2 Å². The second kappa shape index (κ2) is 9.45. The second-order valence-electron chi connectivity index (χ2n) is 6.37.